The fourth-order valence-corrected chi connectivity index (χ4v) is 1.84. The molecule has 0 bridgehead atoms. The van der Waals surface area contributed by atoms with Crippen LogP contribution in [0.5, 0.6) is 0 Å². The number of piperidine rings is 1. The minimum atomic E-state index is -0.279. The van der Waals surface area contributed by atoms with Crippen LogP contribution >= 0.6 is 0 Å². The van der Waals surface area contributed by atoms with Gasteiger partial charge in [-0.05, 0) is 18.9 Å². The van der Waals surface area contributed by atoms with E-state index in [1.165, 1.54) is 6.20 Å². The molecule has 0 aromatic carbocycles. The molecule has 2 heterocycles. The monoisotopic (exact) mass is 221 g/mol. The van der Waals surface area contributed by atoms with Crippen LogP contribution in [0.15, 0.2) is 18.5 Å². The Labute approximate surface area is 93.9 Å². The van der Waals surface area contributed by atoms with Crippen LogP contribution in [0.1, 0.15) is 23.2 Å². The SMILES string of the molecule is Nc1cnccc1C(=O)N1CCC(O)CC1. The van der Waals surface area contributed by atoms with Gasteiger partial charge in [-0.15, -0.1) is 0 Å². The zero-order chi connectivity index (χ0) is 11.5. The second-order valence-corrected chi connectivity index (χ2v) is 3.99. The highest BCUT2D eigenvalue weighted by molar-refractivity contribution is 5.98. The Morgan fingerprint density at radius 2 is 2.19 bits per heavy atom. The van der Waals surface area contributed by atoms with Crippen LogP contribution in [-0.4, -0.2) is 40.1 Å². The van der Waals surface area contributed by atoms with Crippen LogP contribution in [0.3, 0.4) is 0 Å². The van der Waals surface area contributed by atoms with Gasteiger partial charge in [-0.3, -0.25) is 9.78 Å². The van der Waals surface area contributed by atoms with E-state index in [2.05, 4.69) is 4.98 Å². The van der Waals surface area contributed by atoms with E-state index in [4.69, 9.17) is 5.73 Å². The van der Waals surface area contributed by atoms with Crippen molar-refractivity contribution in [2.45, 2.75) is 18.9 Å². The summed E-state index contributed by atoms with van der Waals surface area (Å²) in [6, 6.07) is 1.63. The first-order valence-electron chi connectivity index (χ1n) is 5.35. The number of anilines is 1. The van der Waals surface area contributed by atoms with Crippen LogP contribution in [0.2, 0.25) is 0 Å². The molecule has 2 rings (SSSR count). The highest BCUT2D eigenvalue weighted by atomic mass is 16.3. The number of aliphatic hydroxyl groups is 1. The molecule has 0 saturated carbocycles. The number of likely N-dealkylation sites (tertiary alicyclic amines) is 1. The molecule has 3 N–H and O–H groups in total. The number of amides is 1. The Kier molecular flexibility index (Phi) is 3.05. The summed E-state index contributed by atoms with van der Waals surface area (Å²) in [6.45, 7) is 1.17. The Hall–Kier alpha value is -1.62. The van der Waals surface area contributed by atoms with E-state index in [1.807, 2.05) is 0 Å². The quantitative estimate of drug-likeness (QED) is 0.713. The highest BCUT2D eigenvalue weighted by Crippen LogP contribution is 2.16. The predicted molar refractivity (Wildman–Crippen MR) is 59.8 cm³/mol. The van der Waals surface area contributed by atoms with Crippen molar-refractivity contribution in [2.24, 2.45) is 0 Å². The summed E-state index contributed by atoms with van der Waals surface area (Å²) in [6.07, 6.45) is 4.03. The first kappa shape index (κ1) is 10.9. The van der Waals surface area contributed by atoms with Crippen molar-refractivity contribution in [1.29, 1.82) is 0 Å². The van der Waals surface area contributed by atoms with Gasteiger partial charge < -0.3 is 15.7 Å². The third-order valence-electron chi connectivity index (χ3n) is 2.83. The lowest BCUT2D eigenvalue weighted by Crippen LogP contribution is -2.40. The third kappa shape index (κ3) is 2.14. The zero-order valence-electron chi connectivity index (χ0n) is 8.97. The van der Waals surface area contributed by atoms with Crippen LogP contribution in [0, 0.1) is 0 Å². The Balaban J connectivity index is 2.11. The molecule has 86 valence electrons. The van der Waals surface area contributed by atoms with Gasteiger partial charge in [-0.1, -0.05) is 0 Å². The van der Waals surface area contributed by atoms with Crippen molar-refractivity contribution in [2.75, 3.05) is 18.8 Å². The summed E-state index contributed by atoms with van der Waals surface area (Å²) >= 11 is 0. The van der Waals surface area contributed by atoms with Gasteiger partial charge in [0.15, 0.2) is 0 Å². The predicted octanol–water partition coefficient (Wildman–Crippen LogP) is 0.261. The second kappa shape index (κ2) is 4.49. The molecule has 5 heteroatoms. The second-order valence-electron chi connectivity index (χ2n) is 3.99. The molecule has 5 nitrogen and oxygen atoms in total. The third-order valence-corrected chi connectivity index (χ3v) is 2.83. The van der Waals surface area contributed by atoms with Crippen LogP contribution in [0.4, 0.5) is 5.69 Å². The first-order valence-corrected chi connectivity index (χ1v) is 5.35. The number of carbonyl (C=O) groups is 1. The van der Waals surface area contributed by atoms with Crippen molar-refractivity contribution in [3.05, 3.63) is 24.0 Å². The number of aliphatic hydroxyl groups excluding tert-OH is 1. The molecule has 1 aromatic rings. The van der Waals surface area contributed by atoms with Gasteiger partial charge in [0.05, 0.1) is 23.6 Å². The number of nitrogens with zero attached hydrogens (tertiary/aromatic N) is 2. The van der Waals surface area contributed by atoms with Crippen molar-refractivity contribution >= 4 is 11.6 Å². The van der Waals surface area contributed by atoms with E-state index in [-0.39, 0.29) is 12.0 Å². The number of hydrogen-bond acceptors (Lipinski definition) is 4. The minimum Gasteiger partial charge on any atom is -0.397 e. The molecule has 0 radical (unpaired) electrons. The maximum atomic E-state index is 12.1. The van der Waals surface area contributed by atoms with Crippen LogP contribution < -0.4 is 5.73 Å². The number of nitrogen functional groups attached to an aromatic ring is 1. The molecular weight excluding hydrogens is 206 g/mol. The number of nitrogens with two attached hydrogens (primary N) is 1. The fourth-order valence-electron chi connectivity index (χ4n) is 1.84. The Morgan fingerprint density at radius 1 is 1.50 bits per heavy atom. The molecule has 0 spiro atoms. The standard InChI is InChI=1S/C11H15N3O2/c12-10-7-13-4-1-9(10)11(16)14-5-2-8(15)3-6-14/h1,4,7-8,15H,2-3,5-6,12H2. The number of rotatable bonds is 1. The highest BCUT2D eigenvalue weighted by Gasteiger charge is 2.23. The molecule has 1 amide bonds. The number of carbonyl (C=O) groups excluding carboxylic acids is 1. The average Bonchev–Trinajstić information content (AvgIpc) is 2.30. The van der Waals surface area contributed by atoms with Crippen molar-refractivity contribution in [3.63, 3.8) is 0 Å². The molecule has 0 unspecified atom stereocenters. The topological polar surface area (TPSA) is 79.5 Å². The largest absolute Gasteiger partial charge is 0.397 e. The lowest BCUT2D eigenvalue weighted by Gasteiger charge is -2.29. The molecule has 1 aromatic heterocycles. The lowest BCUT2D eigenvalue weighted by atomic mass is 10.1. The van der Waals surface area contributed by atoms with Crippen LogP contribution in [0.25, 0.3) is 0 Å². The smallest absolute Gasteiger partial charge is 0.256 e. The maximum Gasteiger partial charge on any atom is 0.256 e. The fraction of sp³-hybridized carbons (Fsp3) is 0.455. The van der Waals surface area contributed by atoms with Gasteiger partial charge in [0.25, 0.3) is 5.91 Å². The molecule has 1 aliphatic heterocycles. The van der Waals surface area contributed by atoms with Crippen molar-refractivity contribution in [3.8, 4) is 0 Å². The molecule has 1 saturated heterocycles. The number of pyridine rings is 1. The number of hydrogen-bond donors (Lipinski definition) is 2. The normalized spacial score (nSPS) is 17.4. The van der Waals surface area contributed by atoms with E-state index in [9.17, 15) is 9.90 Å². The van der Waals surface area contributed by atoms with Gasteiger partial charge >= 0.3 is 0 Å². The molecular formula is C11H15N3O2. The summed E-state index contributed by atoms with van der Waals surface area (Å²) in [7, 11) is 0. The summed E-state index contributed by atoms with van der Waals surface area (Å²) in [5.41, 5.74) is 6.59. The molecule has 1 aliphatic rings. The van der Waals surface area contributed by atoms with E-state index in [0.717, 1.165) is 0 Å². The Morgan fingerprint density at radius 3 is 2.81 bits per heavy atom. The van der Waals surface area contributed by atoms with E-state index < -0.39 is 0 Å². The molecule has 1 fully saturated rings. The maximum absolute atomic E-state index is 12.1. The zero-order valence-corrected chi connectivity index (χ0v) is 8.97. The van der Waals surface area contributed by atoms with Crippen molar-refractivity contribution in [1.82, 2.24) is 9.88 Å². The average molecular weight is 221 g/mol. The van der Waals surface area contributed by atoms with E-state index in [1.54, 1.807) is 17.2 Å². The first-order chi connectivity index (χ1) is 7.68. The van der Waals surface area contributed by atoms with Crippen LogP contribution in [-0.2, 0) is 0 Å². The van der Waals surface area contributed by atoms with Gasteiger partial charge in [0.1, 0.15) is 0 Å². The minimum absolute atomic E-state index is 0.0770. The van der Waals surface area contributed by atoms with E-state index in [0.29, 0.717) is 37.2 Å². The van der Waals surface area contributed by atoms with Crippen molar-refractivity contribution < 1.29 is 9.90 Å². The summed E-state index contributed by atoms with van der Waals surface area (Å²) in [5.74, 6) is -0.0770. The van der Waals surface area contributed by atoms with Gasteiger partial charge in [-0.25, -0.2) is 0 Å². The van der Waals surface area contributed by atoms with E-state index >= 15 is 0 Å². The molecule has 0 atom stereocenters. The molecule has 0 aliphatic carbocycles. The van der Waals surface area contributed by atoms with Gasteiger partial charge in [0.2, 0.25) is 0 Å². The summed E-state index contributed by atoms with van der Waals surface area (Å²) < 4.78 is 0. The number of aromatic nitrogens is 1. The lowest BCUT2D eigenvalue weighted by molar-refractivity contribution is 0.0547. The summed E-state index contributed by atoms with van der Waals surface area (Å²) in [4.78, 5) is 17.6. The summed E-state index contributed by atoms with van der Waals surface area (Å²) in [5, 5.41) is 9.36. The Bertz CT molecular complexity index is 387. The van der Waals surface area contributed by atoms with Gasteiger partial charge in [-0.2, -0.15) is 0 Å². The van der Waals surface area contributed by atoms with Gasteiger partial charge in [0, 0.05) is 19.3 Å². The molecule has 16 heavy (non-hydrogen) atoms.